The highest BCUT2D eigenvalue weighted by Crippen LogP contribution is 2.35. The Kier molecular flexibility index (Phi) is 5.99. The van der Waals surface area contributed by atoms with Crippen molar-refractivity contribution in [3.05, 3.63) is 0 Å². The van der Waals surface area contributed by atoms with Crippen molar-refractivity contribution >= 4 is 11.9 Å². The van der Waals surface area contributed by atoms with E-state index in [9.17, 15) is 14.7 Å². The summed E-state index contributed by atoms with van der Waals surface area (Å²) in [4.78, 5) is 25.6. The van der Waals surface area contributed by atoms with E-state index >= 15 is 0 Å². The smallest absolute Gasteiger partial charge is 0.311 e. The van der Waals surface area contributed by atoms with Crippen molar-refractivity contribution in [1.82, 2.24) is 4.90 Å². The molecule has 0 aliphatic carbocycles. The summed E-state index contributed by atoms with van der Waals surface area (Å²) in [7, 11) is 0. The normalized spacial score (nSPS) is 24.8. The number of aliphatic carboxylic acids is 1. The van der Waals surface area contributed by atoms with E-state index in [1.807, 2.05) is 20.8 Å². The van der Waals surface area contributed by atoms with Gasteiger partial charge >= 0.3 is 5.97 Å². The summed E-state index contributed by atoms with van der Waals surface area (Å²) < 4.78 is 0. The third-order valence-electron chi connectivity index (χ3n) is 4.11. The molecule has 20 heavy (non-hydrogen) atoms. The monoisotopic (exact) mass is 284 g/mol. The Morgan fingerprint density at radius 3 is 2.55 bits per heavy atom. The highest BCUT2D eigenvalue weighted by molar-refractivity contribution is 5.83. The van der Waals surface area contributed by atoms with Gasteiger partial charge in [-0.1, -0.05) is 27.2 Å². The van der Waals surface area contributed by atoms with E-state index < -0.39 is 17.4 Å². The predicted molar refractivity (Wildman–Crippen MR) is 78.2 cm³/mol. The summed E-state index contributed by atoms with van der Waals surface area (Å²) in [5.74, 6) is -0.520. The molecular formula is C15H28N2O3. The van der Waals surface area contributed by atoms with Gasteiger partial charge in [-0.2, -0.15) is 0 Å². The number of carbonyl (C=O) groups is 2. The third-order valence-corrected chi connectivity index (χ3v) is 4.11. The Morgan fingerprint density at radius 2 is 2.05 bits per heavy atom. The van der Waals surface area contributed by atoms with Crippen LogP contribution in [0.4, 0.5) is 0 Å². The van der Waals surface area contributed by atoms with E-state index in [1.165, 1.54) is 0 Å². The number of likely N-dealkylation sites (tertiary alicyclic amines) is 1. The highest BCUT2D eigenvalue weighted by atomic mass is 16.4. The molecule has 2 atom stereocenters. The average molecular weight is 284 g/mol. The van der Waals surface area contributed by atoms with Crippen LogP contribution in [0.25, 0.3) is 0 Å². The van der Waals surface area contributed by atoms with E-state index in [0.717, 1.165) is 12.8 Å². The van der Waals surface area contributed by atoms with Gasteiger partial charge < -0.3 is 15.7 Å². The second-order valence-corrected chi connectivity index (χ2v) is 6.43. The standard InChI is InChI=1S/C15H28N2O3/c1-4-6-15(14(19)20)7-5-8-17(10-15)13(18)12(16)9-11(2)3/h11-12H,4-10,16H2,1-3H3,(H,19,20)/t12-,15?/m1/s1. The molecule has 0 aromatic rings. The molecule has 3 N–H and O–H groups in total. The largest absolute Gasteiger partial charge is 0.481 e. The number of hydrogen-bond donors (Lipinski definition) is 2. The minimum absolute atomic E-state index is 0.0971. The average Bonchev–Trinajstić information content (AvgIpc) is 2.37. The van der Waals surface area contributed by atoms with Gasteiger partial charge in [-0.15, -0.1) is 0 Å². The summed E-state index contributed by atoms with van der Waals surface area (Å²) in [5.41, 5.74) is 5.17. The van der Waals surface area contributed by atoms with Gasteiger partial charge in [0.2, 0.25) is 5.91 Å². The van der Waals surface area contributed by atoms with E-state index in [-0.39, 0.29) is 5.91 Å². The molecule has 1 aliphatic rings. The first-order valence-electron chi connectivity index (χ1n) is 7.60. The third kappa shape index (κ3) is 3.95. The Bertz CT molecular complexity index is 353. The van der Waals surface area contributed by atoms with Crippen molar-refractivity contribution in [3.63, 3.8) is 0 Å². The predicted octanol–water partition coefficient (Wildman–Crippen LogP) is 1.85. The van der Waals surface area contributed by atoms with Crippen molar-refractivity contribution in [2.75, 3.05) is 13.1 Å². The second-order valence-electron chi connectivity index (χ2n) is 6.43. The van der Waals surface area contributed by atoms with Gasteiger partial charge in [0, 0.05) is 13.1 Å². The molecule has 0 spiro atoms. The van der Waals surface area contributed by atoms with Crippen LogP contribution in [0.1, 0.15) is 52.9 Å². The Labute approximate surface area is 121 Å². The fraction of sp³-hybridized carbons (Fsp3) is 0.867. The van der Waals surface area contributed by atoms with Crippen LogP contribution in [0.5, 0.6) is 0 Å². The van der Waals surface area contributed by atoms with E-state index in [2.05, 4.69) is 0 Å². The van der Waals surface area contributed by atoms with Gasteiger partial charge in [0.05, 0.1) is 11.5 Å². The van der Waals surface area contributed by atoms with Crippen molar-refractivity contribution in [1.29, 1.82) is 0 Å². The van der Waals surface area contributed by atoms with Gasteiger partial charge in [-0.3, -0.25) is 9.59 Å². The lowest BCUT2D eigenvalue weighted by molar-refractivity contribution is -0.156. The van der Waals surface area contributed by atoms with Crippen molar-refractivity contribution in [2.45, 2.75) is 58.9 Å². The van der Waals surface area contributed by atoms with Gasteiger partial charge in [-0.05, 0) is 31.6 Å². The van der Waals surface area contributed by atoms with Crippen LogP contribution in [-0.2, 0) is 9.59 Å². The zero-order valence-corrected chi connectivity index (χ0v) is 12.9. The maximum atomic E-state index is 12.4. The lowest BCUT2D eigenvalue weighted by atomic mass is 9.76. The highest BCUT2D eigenvalue weighted by Gasteiger charge is 2.43. The number of nitrogens with zero attached hydrogens (tertiary/aromatic N) is 1. The Morgan fingerprint density at radius 1 is 1.40 bits per heavy atom. The topological polar surface area (TPSA) is 83.6 Å². The first-order valence-corrected chi connectivity index (χ1v) is 7.60. The molecule has 1 fully saturated rings. The molecule has 5 nitrogen and oxygen atoms in total. The number of rotatable bonds is 6. The van der Waals surface area contributed by atoms with Crippen LogP contribution in [0.3, 0.4) is 0 Å². The number of carboxylic acids is 1. The summed E-state index contributed by atoms with van der Waals surface area (Å²) >= 11 is 0. The lowest BCUT2D eigenvalue weighted by Crippen LogP contribution is -2.54. The zero-order chi connectivity index (χ0) is 15.3. The molecule has 1 saturated heterocycles. The summed E-state index contributed by atoms with van der Waals surface area (Å²) in [6, 6.07) is -0.513. The molecule has 116 valence electrons. The maximum Gasteiger partial charge on any atom is 0.311 e. The number of nitrogens with two attached hydrogens (primary N) is 1. The van der Waals surface area contributed by atoms with Gasteiger partial charge in [0.25, 0.3) is 0 Å². The van der Waals surface area contributed by atoms with Crippen molar-refractivity contribution < 1.29 is 14.7 Å². The van der Waals surface area contributed by atoms with E-state index in [1.54, 1.807) is 4.90 Å². The van der Waals surface area contributed by atoms with Gasteiger partial charge in [-0.25, -0.2) is 0 Å². The van der Waals surface area contributed by atoms with Crippen LogP contribution in [0, 0.1) is 11.3 Å². The van der Waals surface area contributed by atoms with Gasteiger partial charge in [0.1, 0.15) is 0 Å². The molecule has 1 unspecified atom stereocenters. The number of amides is 1. The fourth-order valence-electron chi connectivity index (χ4n) is 3.13. The molecule has 0 bridgehead atoms. The summed E-state index contributed by atoms with van der Waals surface area (Å²) in [6.45, 7) is 6.98. The first-order chi connectivity index (χ1) is 9.32. The molecule has 1 rings (SSSR count). The summed E-state index contributed by atoms with van der Waals surface area (Å²) in [5, 5.41) is 9.53. The number of piperidine rings is 1. The maximum absolute atomic E-state index is 12.4. The fourth-order valence-corrected chi connectivity index (χ4v) is 3.13. The summed E-state index contributed by atoms with van der Waals surface area (Å²) in [6.07, 6.45) is 3.47. The molecule has 0 saturated carbocycles. The quantitative estimate of drug-likeness (QED) is 0.779. The minimum atomic E-state index is -0.783. The second kappa shape index (κ2) is 7.07. The van der Waals surface area contributed by atoms with Crippen LogP contribution in [0.15, 0.2) is 0 Å². The number of carboxylic acid groups (broad SMARTS) is 1. The molecule has 0 radical (unpaired) electrons. The van der Waals surface area contributed by atoms with E-state index in [0.29, 0.717) is 38.3 Å². The Hall–Kier alpha value is -1.10. The van der Waals surface area contributed by atoms with Crippen molar-refractivity contribution in [2.24, 2.45) is 17.1 Å². The molecule has 1 aliphatic heterocycles. The lowest BCUT2D eigenvalue weighted by Gasteiger charge is -2.40. The van der Waals surface area contributed by atoms with Gasteiger partial charge in [0.15, 0.2) is 0 Å². The van der Waals surface area contributed by atoms with Crippen LogP contribution < -0.4 is 5.73 Å². The minimum Gasteiger partial charge on any atom is -0.481 e. The SMILES string of the molecule is CCCC1(C(=O)O)CCCN(C(=O)[C@H](N)CC(C)C)C1. The number of carbonyl (C=O) groups excluding carboxylic acids is 1. The molecule has 1 amide bonds. The molecule has 5 heteroatoms. The molecule has 1 heterocycles. The molecule has 0 aromatic heterocycles. The zero-order valence-electron chi connectivity index (χ0n) is 12.9. The van der Waals surface area contributed by atoms with E-state index in [4.69, 9.17) is 5.73 Å². The molecule has 0 aromatic carbocycles. The van der Waals surface area contributed by atoms with Crippen LogP contribution in [0.2, 0.25) is 0 Å². The molecular weight excluding hydrogens is 256 g/mol. The number of hydrogen-bond acceptors (Lipinski definition) is 3. The Balaban J connectivity index is 2.77. The van der Waals surface area contributed by atoms with Crippen LogP contribution in [-0.4, -0.2) is 41.0 Å². The van der Waals surface area contributed by atoms with Crippen molar-refractivity contribution in [3.8, 4) is 0 Å². The first kappa shape index (κ1) is 17.0. The van der Waals surface area contributed by atoms with Crippen LogP contribution >= 0.6 is 0 Å².